The number of benzene rings is 1. The minimum atomic E-state index is -0.240. The molecule has 1 fully saturated rings. The number of nitrogens with one attached hydrogen (secondary N) is 2. The van der Waals surface area contributed by atoms with Gasteiger partial charge in [0.1, 0.15) is 5.82 Å². The number of thiophene rings is 1. The van der Waals surface area contributed by atoms with Crippen molar-refractivity contribution in [3.8, 4) is 0 Å². The molecule has 2 aromatic heterocycles. The highest BCUT2D eigenvalue weighted by Crippen LogP contribution is 2.32. The maximum Gasteiger partial charge on any atom is 0.264 e. The normalized spacial score (nSPS) is 13.4. The Morgan fingerprint density at radius 2 is 2.07 bits per heavy atom. The summed E-state index contributed by atoms with van der Waals surface area (Å²) in [4.78, 5) is 46.7. The molecular formula is C21H22N4O4S. The van der Waals surface area contributed by atoms with Crippen LogP contribution in [0.2, 0.25) is 0 Å². The van der Waals surface area contributed by atoms with E-state index in [-0.39, 0.29) is 29.8 Å². The number of hydrogen-bond donors (Lipinski definition) is 2. The Labute approximate surface area is 176 Å². The lowest BCUT2D eigenvalue weighted by Gasteiger charge is -2.21. The number of methoxy groups -OCH3 is 1. The zero-order chi connectivity index (χ0) is 21.1. The van der Waals surface area contributed by atoms with Gasteiger partial charge >= 0.3 is 0 Å². The fraction of sp³-hybridized carbons (Fsp3) is 0.333. The molecule has 4 rings (SSSR count). The van der Waals surface area contributed by atoms with Crippen LogP contribution in [0.25, 0.3) is 10.9 Å². The van der Waals surface area contributed by atoms with Gasteiger partial charge in [0.15, 0.2) is 0 Å². The average Bonchev–Trinajstić information content (AvgIpc) is 3.50. The van der Waals surface area contributed by atoms with Crippen molar-refractivity contribution in [1.29, 1.82) is 0 Å². The monoisotopic (exact) mass is 426 g/mol. The van der Waals surface area contributed by atoms with Crippen molar-refractivity contribution < 1.29 is 14.3 Å². The molecule has 1 aliphatic rings. The molecule has 0 spiro atoms. The number of carbonyl (C=O) groups is 2. The fourth-order valence-corrected chi connectivity index (χ4v) is 3.97. The van der Waals surface area contributed by atoms with Crippen molar-refractivity contribution in [3.05, 3.63) is 57.5 Å². The van der Waals surface area contributed by atoms with Crippen LogP contribution in [0.15, 0.2) is 41.2 Å². The van der Waals surface area contributed by atoms with E-state index in [1.165, 1.54) is 11.3 Å². The Balaban J connectivity index is 1.53. The number of H-pyrrole nitrogens is 1. The summed E-state index contributed by atoms with van der Waals surface area (Å²) in [6.07, 6.45) is 1.84. The van der Waals surface area contributed by atoms with Gasteiger partial charge in [0, 0.05) is 19.6 Å². The van der Waals surface area contributed by atoms with Gasteiger partial charge < -0.3 is 19.9 Å². The standard InChI is InChI=1S/C21H22N4O4S/c1-29-11-10-25(12-17-22-15-5-3-2-4-14(15)20(27)23-17)21(28)16-8-9-18(30-16)24-19(26)13-6-7-13/h2-5,8-9,13H,6-7,10-12H2,1H3,(H,24,26)(H,22,23,27). The average molecular weight is 426 g/mol. The molecule has 2 amide bonds. The Morgan fingerprint density at radius 1 is 1.27 bits per heavy atom. The van der Waals surface area contributed by atoms with Crippen molar-refractivity contribution in [3.63, 3.8) is 0 Å². The summed E-state index contributed by atoms with van der Waals surface area (Å²) in [7, 11) is 1.56. The summed E-state index contributed by atoms with van der Waals surface area (Å²) in [5.74, 6) is 0.298. The van der Waals surface area contributed by atoms with E-state index in [0.717, 1.165) is 12.8 Å². The van der Waals surface area contributed by atoms with Crippen LogP contribution in [0.5, 0.6) is 0 Å². The number of para-hydroxylation sites is 1. The lowest BCUT2D eigenvalue weighted by molar-refractivity contribution is -0.117. The SMILES string of the molecule is COCCN(Cc1nc2ccccc2c(=O)[nH]1)C(=O)c1ccc(NC(=O)C2CC2)s1. The zero-order valence-corrected chi connectivity index (χ0v) is 17.3. The summed E-state index contributed by atoms with van der Waals surface area (Å²) in [6, 6.07) is 10.5. The molecule has 0 bridgehead atoms. The number of ether oxygens (including phenoxy) is 1. The van der Waals surface area contributed by atoms with Gasteiger partial charge in [0.25, 0.3) is 11.5 Å². The van der Waals surface area contributed by atoms with Crippen LogP contribution in [0.4, 0.5) is 5.00 Å². The van der Waals surface area contributed by atoms with Crippen LogP contribution >= 0.6 is 11.3 Å². The van der Waals surface area contributed by atoms with E-state index in [1.54, 1.807) is 42.3 Å². The maximum atomic E-state index is 13.1. The third-order valence-corrected chi connectivity index (χ3v) is 5.86. The van der Waals surface area contributed by atoms with Crippen LogP contribution in [-0.4, -0.2) is 46.9 Å². The van der Waals surface area contributed by atoms with Gasteiger partial charge in [-0.1, -0.05) is 12.1 Å². The highest BCUT2D eigenvalue weighted by atomic mass is 32.1. The number of amides is 2. The summed E-state index contributed by atoms with van der Waals surface area (Å²) >= 11 is 1.24. The Bertz CT molecular complexity index is 1140. The molecule has 3 aromatic rings. The van der Waals surface area contributed by atoms with Crippen LogP contribution in [0.1, 0.15) is 28.3 Å². The molecular weight excluding hydrogens is 404 g/mol. The summed E-state index contributed by atoms with van der Waals surface area (Å²) < 4.78 is 5.14. The van der Waals surface area contributed by atoms with E-state index in [0.29, 0.717) is 39.8 Å². The van der Waals surface area contributed by atoms with E-state index >= 15 is 0 Å². The topological polar surface area (TPSA) is 104 Å². The number of rotatable bonds is 8. The Morgan fingerprint density at radius 3 is 2.83 bits per heavy atom. The van der Waals surface area contributed by atoms with Gasteiger partial charge in [-0.3, -0.25) is 14.4 Å². The Hall–Kier alpha value is -3.04. The number of carbonyl (C=O) groups excluding carboxylic acids is 2. The minimum absolute atomic E-state index is 0.00465. The Kier molecular flexibility index (Phi) is 5.91. The molecule has 2 N–H and O–H groups in total. The van der Waals surface area contributed by atoms with Crippen LogP contribution in [0, 0.1) is 5.92 Å². The highest BCUT2D eigenvalue weighted by molar-refractivity contribution is 7.18. The van der Waals surface area contributed by atoms with Crippen molar-refractivity contribution >= 4 is 39.1 Å². The number of aromatic amines is 1. The summed E-state index contributed by atoms with van der Waals surface area (Å²) in [5, 5.41) is 4.02. The van der Waals surface area contributed by atoms with E-state index in [4.69, 9.17) is 4.74 Å². The van der Waals surface area contributed by atoms with Crippen molar-refractivity contribution in [2.24, 2.45) is 5.92 Å². The second kappa shape index (κ2) is 8.76. The van der Waals surface area contributed by atoms with Crippen molar-refractivity contribution in [1.82, 2.24) is 14.9 Å². The molecule has 0 atom stereocenters. The first-order chi connectivity index (χ1) is 14.5. The predicted molar refractivity (Wildman–Crippen MR) is 115 cm³/mol. The zero-order valence-electron chi connectivity index (χ0n) is 16.5. The molecule has 1 aliphatic carbocycles. The molecule has 8 nitrogen and oxygen atoms in total. The van der Waals surface area contributed by atoms with Crippen LogP contribution < -0.4 is 10.9 Å². The van der Waals surface area contributed by atoms with Crippen molar-refractivity contribution in [2.75, 3.05) is 25.6 Å². The first-order valence-electron chi connectivity index (χ1n) is 9.72. The molecule has 1 saturated carbocycles. The van der Waals surface area contributed by atoms with E-state index in [2.05, 4.69) is 15.3 Å². The van der Waals surface area contributed by atoms with Gasteiger partial charge in [-0.2, -0.15) is 0 Å². The number of nitrogens with zero attached hydrogens (tertiary/aromatic N) is 2. The van der Waals surface area contributed by atoms with Gasteiger partial charge in [-0.05, 0) is 37.1 Å². The second-order valence-electron chi connectivity index (χ2n) is 7.18. The van der Waals surface area contributed by atoms with Gasteiger partial charge in [-0.15, -0.1) is 11.3 Å². The molecule has 156 valence electrons. The lowest BCUT2D eigenvalue weighted by atomic mass is 10.2. The largest absolute Gasteiger partial charge is 0.383 e. The van der Waals surface area contributed by atoms with E-state index in [9.17, 15) is 14.4 Å². The molecule has 30 heavy (non-hydrogen) atoms. The fourth-order valence-electron chi connectivity index (χ4n) is 3.09. The number of fused-ring (bicyclic) bond motifs is 1. The number of anilines is 1. The molecule has 9 heteroatoms. The lowest BCUT2D eigenvalue weighted by Crippen LogP contribution is -2.34. The minimum Gasteiger partial charge on any atom is -0.383 e. The molecule has 0 aliphatic heterocycles. The summed E-state index contributed by atoms with van der Waals surface area (Å²) in [5.41, 5.74) is 0.340. The number of hydrogen-bond acceptors (Lipinski definition) is 6. The van der Waals surface area contributed by atoms with Gasteiger partial charge in [0.2, 0.25) is 5.91 Å². The maximum absolute atomic E-state index is 13.1. The predicted octanol–water partition coefficient (Wildman–Crippen LogP) is 2.62. The highest BCUT2D eigenvalue weighted by Gasteiger charge is 2.30. The van der Waals surface area contributed by atoms with Gasteiger partial charge in [-0.25, -0.2) is 4.98 Å². The molecule has 2 heterocycles. The smallest absolute Gasteiger partial charge is 0.264 e. The van der Waals surface area contributed by atoms with E-state index < -0.39 is 0 Å². The molecule has 0 radical (unpaired) electrons. The van der Waals surface area contributed by atoms with Crippen molar-refractivity contribution in [2.45, 2.75) is 19.4 Å². The van der Waals surface area contributed by atoms with E-state index in [1.807, 2.05) is 6.07 Å². The van der Waals surface area contributed by atoms with Crippen LogP contribution in [-0.2, 0) is 16.1 Å². The third kappa shape index (κ3) is 4.58. The molecule has 0 unspecified atom stereocenters. The molecule has 1 aromatic carbocycles. The quantitative estimate of drug-likeness (QED) is 0.576. The number of aromatic nitrogens is 2. The summed E-state index contributed by atoms with van der Waals surface area (Å²) in [6.45, 7) is 0.831. The third-order valence-electron chi connectivity index (χ3n) is 4.87. The van der Waals surface area contributed by atoms with Gasteiger partial charge in [0.05, 0.1) is 33.9 Å². The molecule has 0 saturated heterocycles. The van der Waals surface area contributed by atoms with Crippen LogP contribution in [0.3, 0.4) is 0 Å². The first-order valence-corrected chi connectivity index (χ1v) is 10.5. The second-order valence-corrected chi connectivity index (χ2v) is 8.26. The first kappa shape index (κ1) is 20.2.